The molecule has 1 amide bonds. The summed E-state index contributed by atoms with van der Waals surface area (Å²) in [6.45, 7) is 22.5. The van der Waals surface area contributed by atoms with E-state index in [0.29, 0.717) is 28.6 Å². The predicted octanol–water partition coefficient (Wildman–Crippen LogP) is 9.77. The van der Waals surface area contributed by atoms with Crippen molar-refractivity contribution < 1.29 is 36.1 Å². The maximum Gasteiger partial charge on any atom is 0.419 e. The average Bonchev–Trinajstić information content (AvgIpc) is 4.01. The maximum absolute atomic E-state index is 13.1. The number of amides is 1. The zero-order chi connectivity index (χ0) is 48.4. The molecule has 11 nitrogen and oxygen atoms in total. The number of H-pyrrole nitrogens is 1. The molecule has 2 aliphatic carbocycles. The van der Waals surface area contributed by atoms with Gasteiger partial charge < -0.3 is 25.1 Å². The molecule has 4 aromatic rings. The molecule has 0 radical (unpaired) electrons. The molecule has 2 saturated carbocycles. The monoisotopic (exact) mass is 942 g/mol. The average molecular weight is 943 g/mol. The number of hydrogen-bond donors (Lipinski definition) is 3. The number of nitrogens with zero attached hydrogens (tertiary/aromatic N) is 3. The van der Waals surface area contributed by atoms with E-state index in [1.54, 1.807) is 51.4 Å². The Morgan fingerprint density at radius 1 is 1.17 bits per heavy atom. The van der Waals surface area contributed by atoms with Gasteiger partial charge >= 0.3 is 6.18 Å². The standard InChI is InChI=1S/C18H29N3O2S.C17H18N2O2S.C13H15F4NO/c1-6-14-12-18(14,19-16(22)15-8-7-11-20(15)4)13(2)24(23)21(5)17(3)9-10-17;1-9(2)13-8-22-17(19-13)12-7-14(20)11-5-6-15(21-4)10(3)16(11)18-12;1-12(2,3)11(7-19)18-8-4-5-10(14)9(6-8)13(15,16)17/h6,14-15H,1-2,7-12H2,3-5H3,(H,19,22);5-9H,1-4H3,(H,18,20);4-7,11,18H,1-3H3/t14?,15?,18-,24?;;/m0../s1. The minimum absolute atomic E-state index is 0.00321. The highest BCUT2D eigenvalue weighted by molar-refractivity contribution is 7.86. The van der Waals surface area contributed by atoms with Gasteiger partial charge in [0.2, 0.25) is 5.91 Å². The first kappa shape index (κ1) is 51.3. The number of aryl methyl sites for hydroxylation is 1. The SMILES string of the molecule is C=CC1C[C@]1(NC(=O)C1CCCN1C)C(=C)S(=O)N(C)C1(C)CC1.CC(C)(C)C(C=O)Nc1ccc(F)c(C(F)(F)F)c1.COc1ccc2c(=O)cc(-c3nc(C(C)C)cs3)[nH]c2c1C. The van der Waals surface area contributed by atoms with Crippen LogP contribution in [0.1, 0.15) is 96.4 Å². The maximum atomic E-state index is 13.1. The molecule has 5 atom stereocenters. The van der Waals surface area contributed by atoms with Crippen molar-refractivity contribution in [3.05, 3.63) is 98.8 Å². The second-order valence-electron chi connectivity index (χ2n) is 18.7. The van der Waals surface area contributed by atoms with E-state index in [9.17, 15) is 36.2 Å². The fraction of sp³-hybridized carbons (Fsp3) is 0.500. The summed E-state index contributed by atoms with van der Waals surface area (Å²) in [5, 5.41) is 9.40. The van der Waals surface area contributed by atoms with Crippen molar-refractivity contribution in [1.82, 2.24) is 24.5 Å². The number of carbonyl (C=O) groups is 2. The van der Waals surface area contributed by atoms with E-state index in [0.717, 1.165) is 77.9 Å². The smallest absolute Gasteiger partial charge is 0.419 e. The number of methoxy groups -OCH3 is 1. The molecule has 1 saturated heterocycles. The van der Waals surface area contributed by atoms with Crippen molar-refractivity contribution in [2.24, 2.45) is 11.3 Å². The summed E-state index contributed by atoms with van der Waals surface area (Å²) in [5.74, 6) is -0.0550. The second-order valence-corrected chi connectivity index (χ2v) is 21.1. The molecule has 3 fully saturated rings. The number of rotatable bonds is 13. The minimum atomic E-state index is -4.76. The largest absolute Gasteiger partial charge is 0.496 e. The van der Waals surface area contributed by atoms with Crippen molar-refractivity contribution in [3.8, 4) is 16.5 Å². The fourth-order valence-electron chi connectivity index (χ4n) is 7.58. The zero-order valence-electron chi connectivity index (χ0n) is 38.9. The molecule has 3 heterocycles. The van der Waals surface area contributed by atoms with Crippen molar-refractivity contribution in [1.29, 1.82) is 0 Å². The van der Waals surface area contributed by atoms with Crippen LogP contribution >= 0.6 is 11.3 Å². The molecule has 0 spiro atoms. The molecular weight excluding hydrogens is 881 g/mol. The van der Waals surface area contributed by atoms with E-state index in [1.165, 1.54) is 6.07 Å². The number of likely N-dealkylation sites (tertiary alicyclic amines) is 1. The first-order chi connectivity index (χ1) is 30.3. The van der Waals surface area contributed by atoms with Crippen molar-refractivity contribution in [3.63, 3.8) is 0 Å². The molecule has 2 aromatic carbocycles. The summed E-state index contributed by atoms with van der Waals surface area (Å²) < 4.78 is 71.0. The van der Waals surface area contributed by atoms with Gasteiger partial charge in [0.05, 0.1) is 52.1 Å². The van der Waals surface area contributed by atoms with Crippen LogP contribution in [-0.2, 0) is 26.8 Å². The van der Waals surface area contributed by atoms with E-state index in [2.05, 4.69) is 59.4 Å². The molecule has 65 heavy (non-hydrogen) atoms. The number of alkyl halides is 3. The molecule has 3 aliphatic rings. The molecule has 0 bridgehead atoms. The number of thiazole rings is 1. The van der Waals surface area contributed by atoms with Crippen molar-refractivity contribution in [2.75, 3.05) is 33.1 Å². The lowest BCUT2D eigenvalue weighted by Gasteiger charge is -2.30. The van der Waals surface area contributed by atoms with Crippen molar-refractivity contribution >= 4 is 51.1 Å². The molecule has 4 unspecified atom stereocenters. The van der Waals surface area contributed by atoms with Crippen LogP contribution in [-0.4, -0.2) is 86.5 Å². The topological polar surface area (TPSA) is 137 Å². The Bertz CT molecular complexity index is 2490. The Kier molecular flexibility index (Phi) is 15.8. The highest BCUT2D eigenvalue weighted by atomic mass is 32.2. The minimum Gasteiger partial charge on any atom is -0.496 e. The number of nitrogens with one attached hydrogen (secondary N) is 3. The van der Waals surface area contributed by atoms with Gasteiger partial charge in [0.1, 0.15) is 33.8 Å². The van der Waals surface area contributed by atoms with Crippen LogP contribution in [0.4, 0.5) is 23.2 Å². The van der Waals surface area contributed by atoms with Crippen LogP contribution in [0.5, 0.6) is 5.75 Å². The lowest BCUT2D eigenvalue weighted by atomic mass is 9.87. The number of anilines is 1. The Hall–Kier alpha value is -4.71. The number of aromatic amines is 1. The number of ether oxygens (including phenoxy) is 1. The third-order valence-corrected chi connectivity index (χ3v) is 15.2. The predicted molar refractivity (Wildman–Crippen MR) is 253 cm³/mol. The molecule has 1 aliphatic heterocycles. The third kappa shape index (κ3) is 11.6. The summed E-state index contributed by atoms with van der Waals surface area (Å²) in [4.78, 5) is 46.7. The number of aldehydes is 1. The third-order valence-electron chi connectivity index (χ3n) is 12.6. The number of benzene rings is 2. The number of fused-ring (bicyclic) bond motifs is 1. The quantitative estimate of drug-likeness (QED) is 0.0685. The van der Waals surface area contributed by atoms with Crippen LogP contribution in [0.3, 0.4) is 0 Å². The molecular formula is C48H62F4N6O5S2. The number of likely N-dealkylation sites (N-methyl/N-ethyl adjacent to an activating group) is 1. The van der Waals surface area contributed by atoms with Gasteiger partial charge in [-0.3, -0.25) is 14.5 Å². The Morgan fingerprint density at radius 3 is 2.35 bits per heavy atom. The van der Waals surface area contributed by atoms with E-state index >= 15 is 0 Å². The number of halogens is 4. The first-order valence-corrected chi connectivity index (χ1v) is 23.5. The zero-order valence-corrected chi connectivity index (χ0v) is 40.5. The normalized spacial score (nSPS) is 21.0. The van der Waals surface area contributed by atoms with E-state index in [1.807, 2.05) is 42.8 Å². The highest BCUT2D eigenvalue weighted by Crippen LogP contribution is 2.52. The van der Waals surface area contributed by atoms with Gasteiger partial charge in [-0.1, -0.05) is 47.3 Å². The molecule has 354 valence electrons. The summed E-state index contributed by atoms with van der Waals surface area (Å²) in [6.07, 6.45) is 2.48. The van der Waals surface area contributed by atoms with E-state index in [-0.39, 0.29) is 34.5 Å². The molecule has 17 heteroatoms. The van der Waals surface area contributed by atoms with Gasteiger partial charge in [0, 0.05) is 46.6 Å². The van der Waals surface area contributed by atoms with Crippen LogP contribution in [0.15, 0.2) is 70.7 Å². The lowest BCUT2D eigenvalue weighted by molar-refractivity contribution is -0.140. The van der Waals surface area contributed by atoms with Crippen molar-refractivity contribution in [2.45, 2.75) is 116 Å². The first-order valence-electron chi connectivity index (χ1n) is 21.6. The van der Waals surface area contributed by atoms with Crippen LogP contribution in [0.2, 0.25) is 0 Å². The second kappa shape index (κ2) is 20.0. The summed E-state index contributed by atoms with van der Waals surface area (Å²) >= 11 is 1.55. The van der Waals surface area contributed by atoms with Crippen LogP contribution < -0.4 is 20.8 Å². The molecule has 3 N–H and O–H groups in total. The molecule has 7 rings (SSSR count). The van der Waals surface area contributed by atoms with Crippen LogP contribution in [0.25, 0.3) is 21.6 Å². The summed E-state index contributed by atoms with van der Waals surface area (Å²) in [6, 6.07) is 7.06. The molecule has 2 aromatic heterocycles. The van der Waals surface area contributed by atoms with Gasteiger partial charge in [-0.15, -0.1) is 17.9 Å². The Morgan fingerprint density at radius 2 is 1.85 bits per heavy atom. The number of hydrogen-bond acceptors (Lipinski definition) is 9. The number of aromatic nitrogens is 2. The summed E-state index contributed by atoms with van der Waals surface area (Å²) in [7, 11) is 4.19. The van der Waals surface area contributed by atoms with E-state index < -0.39 is 45.5 Å². The van der Waals surface area contributed by atoms with Gasteiger partial charge in [0.15, 0.2) is 5.43 Å². The van der Waals surface area contributed by atoms with Gasteiger partial charge in [-0.05, 0) is 101 Å². The Balaban J connectivity index is 0.000000185. The lowest BCUT2D eigenvalue weighted by Crippen LogP contribution is -2.50. The van der Waals surface area contributed by atoms with Gasteiger partial charge in [-0.25, -0.2) is 17.9 Å². The van der Waals surface area contributed by atoms with Crippen LogP contribution in [0, 0.1) is 24.1 Å². The van der Waals surface area contributed by atoms with Gasteiger partial charge in [-0.2, -0.15) is 13.2 Å². The number of carbonyl (C=O) groups excluding carboxylic acids is 2. The summed E-state index contributed by atoms with van der Waals surface area (Å²) in [5.41, 5.74) is 1.19. The van der Waals surface area contributed by atoms with Gasteiger partial charge in [0.25, 0.3) is 0 Å². The Labute approximate surface area is 385 Å². The van der Waals surface area contributed by atoms with E-state index in [4.69, 9.17) is 4.74 Å². The number of pyridine rings is 1. The highest BCUT2D eigenvalue weighted by Gasteiger charge is 2.59. The fourth-order valence-corrected chi connectivity index (χ4v) is 10.0.